The molecule has 5 heteroatoms. The van der Waals surface area contributed by atoms with Crippen molar-refractivity contribution in [2.75, 3.05) is 0 Å². The van der Waals surface area contributed by atoms with Crippen LogP contribution in [0.3, 0.4) is 0 Å². The molecule has 0 saturated heterocycles. The molecule has 1 aromatic heterocycles. The number of pyridine rings is 1. The number of rotatable bonds is 0. The standard InChI is InChI=1S/C7H6N2O2.Na/c1-4-2-6(10)9-7(11)5(4)3-8;/h2H,1H3,(H2,9,10,11);/q;+1/p-1. The molecule has 56 valence electrons. The van der Waals surface area contributed by atoms with Crippen LogP contribution in [0.25, 0.3) is 0 Å². The van der Waals surface area contributed by atoms with Crippen LogP contribution in [0.5, 0.6) is 5.88 Å². The Labute approximate surface area is 91.1 Å². The Balaban J connectivity index is 0.00000121. The normalized spacial score (nSPS) is 8.33. The molecule has 0 bridgehead atoms. The van der Waals surface area contributed by atoms with Gasteiger partial charge in [-0.15, -0.1) is 0 Å². The van der Waals surface area contributed by atoms with E-state index in [0.29, 0.717) is 5.56 Å². The van der Waals surface area contributed by atoms with Crippen molar-refractivity contribution in [3.8, 4) is 11.9 Å². The first-order valence-electron chi connectivity index (χ1n) is 2.93. The van der Waals surface area contributed by atoms with Crippen molar-refractivity contribution in [3.05, 3.63) is 27.5 Å². The number of aryl methyl sites for hydroxylation is 1. The molecule has 0 atom stereocenters. The van der Waals surface area contributed by atoms with E-state index in [2.05, 4.69) is 4.98 Å². The molecule has 1 N–H and O–H groups in total. The van der Waals surface area contributed by atoms with Gasteiger partial charge in [-0.3, -0.25) is 0 Å². The van der Waals surface area contributed by atoms with Gasteiger partial charge < -0.3 is 14.9 Å². The van der Waals surface area contributed by atoms with Gasteiger partial charge in [-0.05, 0) is 18.6 Å². The van der Waals surface area contributed by atoms with E-state index < -0.39 is 11.4 Å². The van der Waals surface area contributed by atoms with E-state index in [9.17, 15) is 4.79 Å². The summed E-state index contributed by atoms with van der Waals surface area (Å²) in [5.74, 6) is -0.488. The van der Waals surface area contributed by atoms with Crippen molar-refractivity contribution in [3.63, 3.8) is 0 Å². The summed E-state index contributed by atoms with van der Waals surface area (Å²) < 4.78 is 0. The van der Waals surface area contributed by atoms with Crippen LogP contribution in [0.15, 0.2) is 10.9 Å². The van der Waals surface area contributed by atoms with E-state index in [0.717, 1.165) is 0 Å². The SMILES string of the molecule is Cc1cc(=O)[n-]c(O)c1C#N.[Na+]. The van der Waals surface area contributed by atoms with Crippen molar-refractivity contribution in [1.29, 1.82) is 5.26 Å². The average molecular weight is 172 g/mol. The van der Waals surface area contributed by atoms with Gasteiger partial charge in [0.05, 0.1) is 11.1 Å². The second-order valence-electron chi connectivity index (χ2n) is 2.09. The smallest absolute Gasteiger partial charge is 0.592 e. The quantitative estimate of drug-likeness (QED) is 0.420. The fourth-order valence-corrected chi connectivity index (χ4v) is 0.764. The first-order chi connectivity index (χ1) is 5.15. The van der Waals surface area contributed by atoms with Crippen LogP contribution in [-0.2, 0) is 0 Å². The van der Waals surface area contributed by atoms with Crippen molar-refractivity contribution < 1.29 is 34.7 Å². The van der Waals surface area contributed by atoms with Gasteiger partial charge in [0.2, 0.25) is 0 Å². The van der Waals surface area contributed by atoms with Gasteiger partial charge in [0.1, 0.15) is 6.07 Å². The monoisotopic (exact) mass is 172 g/mol. The Morgan fingerprint density at radius 3 is 2.67 bits per heavy atom. The summed E-state index contributed by atoms with van der Waals surface area (Å²) in [5.41, 5.74) is -0.0198. The van der Waals surface area contributed by atoms with Crippen LogP contribution in [-0.4, -0.2) is 5.11 Å². The van der Waals surface area contributed by atoms with E-state index in [1.165, 1.54) is 6.07 Å². The van der Waals surface area contributed by atoms with Gasteiger partial charge in [0, 0.05) is 5.88 Å². The molecule has 12 heavy (non-hydrogen) atoms. The molecule has 1 aromatic rings. The molecular formula is C7H5N2NaO2. The number of aromatic nitrogens is 1. The minimum absolute atomic E-state index is 0. The predicted octanol–water partition coefficient (Wildman–Crippen LogP) is -3.11. The summed E-state index contributed by atoms with van der Waals surface area (Å²) >= 11 is 0. The van der Waals surface area contributed by atoms with Gasteiger partial charge >= 0.3 is 29.6 Å². The zero-order valence-corrected chi connectivity index (χ0v) is 8.83. The van der Waals surface area contributed by atoms with Gasteiger partial charge in [-0.2, -0.15) is 5.26 Å². The van der Waals surface area contributed by atoms with Gasteiger partial charge in [0.25, 0.3) is 0 Å². The molecule has 4 nitrogen and oxygen atoms in total. The summed E-state index contributed by atoms with van der Waals surface area (Å²) in [4.78, 5) is 13.8. The third-order valence-corrected chi connectivity index (χ3v) is 1.29. The zero-order valence-electron chi connectivity index (χ0n) is 6.83. The van der Waals surface area contributed by atoms with Gasteiger partial charge in [-0.1, -0.05) is 0 Å². The largest absolute Gasteiger partial charge is 1.00 e. The van der Waals surface area contributed by atoms with E-state index in [4.69, 9.17) is 10.4 Å². The zero-order chi connectivity index (χ0) is 8.43. The first kappa shape index (κ1) is 11.2. The van der Waals surface area contributed by atoms with Gasteiger partial charge in [0.15, 0.2) is 0 Å². The Bertz CT molecular complexity index is 352. The van der Waals surface area contributed by atoms with Crippen LogP contribution < -0.4 is 40.1 Å². The second-order valence-corrected chi connectivity index (χ2v) is 2.09. The molecule has 0 amide bonds. The summed E-state index contributed by atoms with van der Waals surface area (Å²) in [6.45, 7) is 1.57. The van der Waals surface area contributed by atoms with Crippen molar-refractivity contribution in [2.24, 2.45) is 0 Å². The van der Waals surface area contributed by atoms with Crippen molar-refractivity contribution >= 4 is 0 Å². The summed E-state index contributed by atoms with van der Waals surface area (Å²) in [7, 11) is 0. The van der Waals surface area contributed by atoms with Crippen LogP contribution >= 0.6 is 0 Å². The Morgan fingerprint density at radius 2 is 2.25 bits per heavy atom. The topological polar surface area (TPSA) is 75.2 Å². The van der Waals surface area contributed by atoms with E-state index in [-0.39, 0.29) is 35.1 Å². The third-order valence-electron chi connectivity index (χ3n) is 1.29. The maximum atomic E-state index is 10.6. The van der Waals surface area contributed by atoms with Crippen molar-refractivity contribution in [2.45, 2.75) is 6.92 Å². The van der Waals surface area contributed by atoms with E-state index >= 15 is 0 Å². The van der Waals surface area contributed by atoms with E-state index in [1.54, 1.807) is 13.0 Å². The van der Waals surface area contributed by atoms with Gasteiger partial charge in [-0.25, -0.2) is 0 Å². The number of nitriles is 1. The fourth-order valence-electron chi connectivity index (χ4n) is 0.764. The number of hydrogen-bond acceptors (Lipinski definition) is 3. The third kappa shape index (κ3) is 2.11. The molecule has 0 saturated carbocycles. The Hall–Kier alpha value is -0.760. The molecular weight excluding hydrogens is 167 g/mol. The number of nitrogens with zero attached hydrogens (tertiary/aromatic N) is 2. The maximum absolute atomic E-state index is 10.6. The number of hydrogen-bond donors (Lipinski definition) is 1. The molecule has 0 aliphatic carbocycles. The van der Waals surface area contributed by atoms with Crippen LogP contribution in [0.4, 0.5) is 0 Å². The minimum Gasteiger partial charge on any atom is -0.592 e. The van der Waals surface area contributed by atoms with Crippen LogP contribution in [0, 0.1) is 18.3 Å². The molecule has 0 aromatic carbocycles. The maximum Gasteiger partial charge on any atom is 1.00 e. The molecule has 1 rings (SSSR count). The summed E-state index contributed by atoms with van der Waals surface area (Å²) in [5, 5.41) is 17.4. The molecule has 0 aliphatic rings. The van der Waals surface area contributed by atoms with E-state index in [1.807, 2.05) is 0 Å². The summed E-state index contributed by atoms with van der Waals surface area (Å²) in [6.07, 6.45) is 0. The van der Waals surface area contributed by atoms with Crippen molar-refractivity contribution in [1.82, 2.24) is 4.98 Å². The Morgan fingerprint density at radius 1 is 1.67 bits per heavy atom. The first-order valence-corrected chi connectivity index (χ1v) is 2.93. The minimum atomic E-state index is -0.529. The summed E-state index contributed by atoms with van der Waals surface area (Å²) in [6, 6.07) is 2.95. The fraction of sp³-hybridized carbons (Fsp3) is 0.143. The average Bonchev–Trinajstić information content (AvgIpc) is 1.85. The molecule has 0 fully saturated rings. The molecule has 0 spiro atoms. The Kier molecular flexibility index (Phi) is 4.04. The predicted molar refractivity (Wildman–Crippen MR) is 37.1 cm³/mol. The molecule has 0 aliphatic heterocycles. The molecule has 0 unspecified atom stereocenters. The second kappa shape index (κ2) is 4.31. The number of aromatic hydroxyl groups is 1. The van der Waals surface area contributed by atoms with Crippen LogP contribution in [0.1, 0.15) is 11.1 Å². The van der Waals surface area contributed by atoms with Crippen LogP contribution in [0.2, 0.25) is 0 Å². The molecule has 1 heterocycles. The molecule has 0 radical (unpaired) electrons.